The lowest BCUT2D eigenvalue weighted by Crippen LogP contribution is -2.26. The normalized spacial score (nSPS) is 11.5. The van der Waals surface area contributed by atoms with E-state index >= 15 is 0 Å². The zero-order valence-electron chi connectivity index (χ0n) is 18.7. The van der Waals surface area contributed by atoms with Crippen LogP contribution >= 0.6 is 11.3 Å². The lowest BCUT2D eigenvalue weighted by molar-refractivity contribution is 0.102. The molecule has 1 N–H and O–H groups in total. The van der Waals surface area contributed by atoms with Crippen molar-refractivity contribution in [3.63, 3.8) is 0 Å². The first-order chi connectivity index (χ1) is 16.3. The number of carbonyl (C=O) groups is 1. The SMILES string of the molecule is COc1ccc(CN(C)S(=O)(=O)c2nnc(NC(=O)c3cccc4ccccc34)s2)cc1OC. The molecular weight excluding hydrogens is 476 g/mol. The van der Waals surface area contributed by atoms with E-state index in [4.69, 9.17) is 9.47 Å². The van der Waals surface area contributed by atoms with Gasteiger partial charge in [0, 0.05) is 19.2 Å². The molecule has 3 aromatic carbocycles. The number of amides is 1. The summed E-state index contributed by atoms with van der Waals surface area (Å²) in [5.41, 5.74) is 1.17. The van der Waals surface area contributed by atoms with Crippen molar-refractivity contribution < 1.29 is 22.7 Å². The number of nitrogens with zero attached hydrogens (tertiary/aromatic N) is 3. The van der Waals surface area contributed by atoms with Crippen LogP contribution in [-0.4, -0.2) is 50.1 Å². The zero-order chi connectivity index (χ0) is 24.3. The van der Waals surface area contributed by atoms with Gasteiger partial charge in [-0.15, -0.1) is 10.2 Å². The molecular formula is C23H22N4O5S2. The molecule has 0 atom stereocenters. The Morgan fingerprint density at radius 1 is 1.00 bits per heavy atom. The van der Waals surface area contributed by atoms with Crippen LogP contribution in [0.3, 0.4) is 0 Å². The minimum atomic E-state index is -3.93. The van der Waals surface area contributed by atoms with Crippen LogP contribution in [0.4, 0.5) is 5.13 Å². The van der Waals surface area contributed by atoms with Crippen LogP contribution in [0.1, 0.15) is 15.9 Å². The molecule has 9 nitrogen and oxygen atoms in total. The average Bonchev–Trinajstić information content (AvgIpc) is 3.32. The zero-order valence-corrected chi connectivity index (χ0v) is 20.3. The standard InChI is InChI=1S/C23H22N4O5S2/c1-27(14-15-11-12-19(31-2)20(13-15)32-3)34(29,30)23-26-25-22(33-23)24-21(28)18-10-6-8-16-7-4-5-9-17(16)18/h4-13H,14H2,1-3H3,(H,24,25,28). The van der Waals surface area contributed by atoms with Gasteiger partial charge in [0.15, 0.2) is 11.5 Å². The summed E-state index contributed by atoms with van der Waals surface area (Å²) in [5, 5.41) is 12.1. The molecule has 176 valence electrons. The molecule has 34 heavy (non-hydrogen) atoms. The summed E-state index contributed by atoms with van der Waals surface area (Å²) in [4.78, 5) is 12.8. The number of ether oxygens (including phenoxy) is 2. The van der Waals surface area contributed by atoms with Crippen LogP contribution < -0.4 is 14.8 Å². The van der Waals surface area contributed by atoms with E-state index in [9.17, 15) is 13.2 Å². The minimum absolute atomic E-state index is 0.0833. The molecule has 1 heterocycles. The number of nitrogens with one attached hydrogen (secondary N) is 1. The third-order valence-electron chi connectivity index (χ3n) is 5.15. The summed E-state index contributed by atoms with van der Waals surface area (Å²) in [7, 11) is 0.554. The van der Waals surface area contributed by atoms with Crippen LogP contribution in [-0.2, 0) is 16.6 Å². The molecule has 4 rings (SSSR count). The molecule has 1 aromatic heterocycles. The number of hydrogen-bond acceptors (Lipinski definition) is 8. The van der Waals surface area contributed by atoms with E-state index in [1.54, 1.807) is 30.3 Å². The van der Waals surface area contributed by atoms with Crippen molar-refractivity contribution in [2.75, 3.05) is 26.6 Å². The highest BCUT2D eigenvalue weighted by Crippen LogP contribution is 2.29. The smallest absolute Gasteiger partial charge is 0.272 e. The Hall–Kier alpha value is -3.54. The van der Waals surface area contributed by atoms with Crippen LogP contribution in [0.25, 0.3) is 10.8 Å². The first-order valence-electron chi connectivity index (χ1n) is 10.1. The Morgan fingerprint density at radius 3 is 2.50 bits per heavy atom. The van der Waals surface area contributed by atoms with Gasteiger partial charge in [-0.3, -0.25) is 10.1 Å². The quantitative estimate of drug-likeness (QED) is 0.368. The Balaban J connectivity index is 1.51. The number of fused-ring (bicyclic) bond motifs is 1. The molecule has 4 aromatic rings. The maximum atomic E-state index is 13.0. The lowest BCUT2D eigenvalue weighted by atomic mass is 10.0. The second-order valence-electron chi connectivity index (χ2n) is 7.30. The molecule has 0 saturated carbocycles. The minimum Gasteiger partial charge on any atom is -0.493 e. The van der Waals surface area contributed by atoms with Gasteiger partial charge in [-0.2, -0.15) is 4.31 Å². The maximum absolute atomic E-state index is 13.0. The summed E-state index contributed by atoms with van der Waals surface area (Å²) in [6.07, 6.45) is 0. The molecule has 0 spiro atoms. The van der Waals surface area contributed by atoms with Crippen molar-refractivity contribution >= 4 is 43.2 Å². The van der Waals surface area contributed by atoms with Gasteiger partial charge in [0.05, 0.1) is 14.2 Å². The van der Waals surface area contributed by atoms with E-state index in [0.717, 1.165) is 26.4 Å². The van der Waals surface area contributed by atoms with Gasteiger partial charge in [-0.05, 0) is 34.5 Å². The van der Waals surface area contributed by atoms with E-state index in [0.29, 0.717) is 22.6 Å². The summed E-state index contributed by atoms with van der Waals surface area (Å²) in [5.74, 6) is 0.656. The monoisotopic (exact) mass is 498 g/mol. The molecule has 1 amide bonds. The predicted molar refractivity (Wildman–Crippen MR) is 130 cm³/mol. The number of carbonyl (C=O) groups excluding carboxylic acids is 1. The van der Waals surface area contributed by atoms with Crippen molar-refractivity contribution in [2.45, 2.75) is 10.9 Å². The number of sulfonamides is 1. The molecule has 0 radical (unpaired) electrons. The van der Waals surface area contributed by atoms with E-state index in [2.05, 4.69) is 15.5 Å². The Morgan fingerprint density at radius 2 is 1.74 bits per heavy atom. The fourth-order valence-electron chi connectivity index (χ4n) is 3.41. The summed E-state index contributed by atoms with van der Waals surface area (Å²) < 4.78 is 37.5. The fraction of sp³-hybridized carbons (Fsp3) is 0.174. The van der Waals surface area contributed by atoms with E-state index in [-0.39, 0.29) is 16.0 Å². The van der Waals surface area contributed by atoms with Gasteiger partial charge in [0.25, 0.3) is 15.9 Å². The highest BCUT2D eigenvalue weighted by molar-refractivity contribution is 7.91. The van der Waals surface area contributed by atoms with Gasteiger partial charge in [-0.1, -0.05) is 53.8 Å². The van der Waals surface area contributed by atoms with Crippen molar-refractivity contribution in [1.29, 1.82) is 0 Å². The van der Waals surface area contributed by atoms with Crippen molar-refractivity contribution in [3.8, 4) is 11.5 Å². The Bertz CT molecular complexity index is 1450. The summed E-state index contributed by atoms with van der Waals surface area (Å²) >= 11 is 0.792. The van der Waals surface area contributed by atoms with Crippen molar-refractivity contribution in [3.05, 3.63) is 71.8 Å². The highest BCUT2D eigenvalue weighted by atomic mass is 32.2. The number of hydrogen-bond donors (Lipinski definition) is 1. The third-order valence-corrected chi connectivity index (χ3v) is 8.13. The average molecular weight is 499 g/mol. The van der Waals surface area contributed by atoms with Gasteiger partial charge >= 0.3 is 0 Å². The van der Waals surface area contributed by atoms with Crippen LogP contribution in [0, 0.1) is 0 Å². The summed E-state index contributed by atoms with van der Waals surface area (Å²) in [6.45, 7) is 0.0833. The Kier molecular flexibility index (Phi) is 6.77. The molecule has 0 aliphatic rings. The van der Waals surface area contributed by atoms with E-state index in [1.807, 2.05) is 30.3 Å². The Labute approximate surface area is 201 Å². The number of aromatic nitrogens is 2. The van der Waals surface area contributed by atoms with Gasteiger partial charge in [0.2, 0.25) is 9.47 Å². The van der Waals surface area contributed by atoms with Gasteiger partial charge in [-0.25, -0.2) is 8.42 Å². The predicted octanol–water partition coefficient (Wildman–Crippen LogP) is 3.78. The molecule has 0 bridgehead atoms. The van der Waals surface area contributed by atoms with Crippen molar-refractivity contribution in [2.24, 2.45) is 0 Å². The third kappa shape index (κ3) is 4.72. The molecule has 11 heteroatoms. The molecule has 0 aliphatic heterocycles. The fourth-order valence-corrected chi connectivity index (χ4v) is 5.65. The van der Waals surface area contributed by atoms with Crippen LogP contribution in [0.5, 0.6) is 11.5 Å². The second kappa shape index (κ2) is 9.75. The van der Waals surface area contributed by atoms with E-state index in [1.165, 1.54) is 21.3 Å². The van der Waals surface area contributed by atoms with Crippen LogP contribution in [0.15, 0.2) is 65.0 Å². The largest absolute Gasteiger partial charge is 0.493 e. The number of methoxy groups -OCH3 is 2. The maximum Gasteiger partial charge on any atom is 0.272 e. The first kappa shape index (κ1) is 23.6. The van der Waals surface area contributed by atoms with E-state index < -0.39 is 15.9 Å². The van der Waals surface area contributed by atoms with Crippen molar-refractivity contribution in [1.82, 2.24) is 14.5 Å². The molecule has 0 unspecified atom stereocenters. The number of rotatable bonds is 8. The first-order valence-corrected chi connectivity index (χ1v) is 12.4. The topological polar surface area (TPSA) is 111 Å². The molecule has 0 aliphatic carbocycles. The second-order valence-corrected chi connectivity index (χ2v) is 10.5. The molecule has 0 fully saturated rings. The number of anilines is 1. The lowest BCUT2D eigenvalue weighted by Gasteiger charge is -2.16. The number of benzene rings is 3. The molecule has 0 saturated heterocycles. The highest BCUT2D eigenvalue weighted by Gasteiger charge is 2.27. The van der Waals surface area contributed by atoms with Gasteiger partial charge < -0.3 is 9.47 Å². The van der Waals surface area contributed by atoms with Crippen LogP contribution in [0.2, 0.25) is 0 Å². The summed E-state index contributed by atoms with van der Waals surface area (Å²) in [6, 6.07) is 18.1. The van der Waals surface area contributed by atoms with Gasteiger partial charge in [0.1, 0.15) is 0 Å².